The molecule has 2 rings (SSSR count). The molecule has 0 bridgehead atoms. The molecule has 2 aromatic rings. The molecular weight excluding hydrogens is 511 g/mol. The zero-order valence-electron chi connectivity index (χ0n) is 8.93. The molecular formula is C13H7Br4Cl. The molecule has 0 aliphatic heterocycles. The molecule has 0 saturated carbocycles. The maximum atomic E-state index is 6.56. The van der Waals surface area contributed by atoms with E-state index in [4.69, 9.17) is 11.6 Å². The standard InChI is InChI=1S/C13H7Br4Cl/c14-8-1-2-12(17)11(6-8)13(18)7-3-9(15)5-10(16)4-7/h1-6,13H. The largest absolute Gasteiger partial charge is 0.113 e. The molecule has 0 aliphatic carbocycles. The summed E-state index contributed by atoms with van der Waals surface area (Å²) in [5.41, 5.74) is 2.08. The van der Waals surface area contributed by atoms with Crippen molar-refractivity contribution in [3.05, 3.63) is 65.4 Å². The van der Waals surface area contributed by atoms with Crippen molar-refractivity contribution in [1.82, 2.24) is 0 Å². The minimum absolute atomic E-state index is 0.203. The molecule has 0 amide bonds. The van der Waals surface area contributed by atoms with E-state index in [-0.39, 0.29) is 5.38 Å². The fourth-order valence-electron chi connectivity index (χ4n) is 1.61. The number of hydrogen-bond donors (Lipinski definition) is 0. The lowest BCUT2D eigenvalue weighted by Crippen LogP contribution is -1.95. The van der Waals surface area contributed by atoms with Gasteiger partial charge in [0, 0.05) is 17.9 Å². The Morgan fingerprint density at radius 2 is 1.39 bits per heavy atom. The second-order valence-electron chi connectivity index (χ2n) is 3.73. The fourth-order valence-corrected chi connectivity index (χ4v) is 4.23. The lowest BCUT2D eigenvalue weighted by molar-refractivity contribution is 1.12. The van der Waals surface area contributed by atoms with E-state index in [2.05, 4.69) is 63.7 Å². The fraction of sp³-hybridized carbons (Fsp3) is 0.0769. The van der Waals surface area contributed by atoms with Gasteiger partial charge in [-0.15, -0.1) is 11.6 Å². The first-order chi connectivity index (χ1) is 8.47. The Bertz CT molecular complexity index is 563. The van der Waals surface area contributed by atoms with Crippen LogP contribution in [-0.4, -0.2) is 0 Å². The molecule has 0 spiro atoms. The second-order valence-corrected chi connectivity index (χ2v) is 7.77. The highest BCUT2D eigenvalue weighted by atomic mass is 79.9. The molecule has 0 aromatic heterocycles. The first-order valence-electron chi connectivity index (χ1n) is 5.02. The van der Waals surface area contributed by atoms with E-state index in [1.807, 2.05) is 36.4 Å². The Balaban J connectivity index is 2.47. The van der Waals surface area contributed by atoms with Crippen molar-refractivity contribution in [2.24, 2.45) is 0 Å². The van der Waals surface area contributed by atoms with Gasteiger partial charge in [-0.2, -0.15) is 0 Å². The Labute approximate surface area is 145 Å². The number of benzene rings is 2. The van der Waals surface area contributed by atoms with Crippen LogP contribution in [0.2, 0.25) is 0 Å². The highest BCUT2D eigenvalue weighted by Gasteiger charge is 2.15. The maximum Gasteiger partial charge on any atom is 0.0847 e. The van der Waals surface area contributed by atoms with Gasteiger partial charge in [-0.1, -0.05) is 63.7 Å². The summed E-state index contributed by atoms with van der Waals surface area (Å²) in [6.45, 7) is 0. The summed E-state index contributed by atoms with van der Waals surface area (Å²) in [6, 6.07) is 12.0. The Hall–Kier alpha value is 0.650. The molecule has 2 aromatic carbocycles. The van der Waals surface area contributed by atoms with Crippen molar-refractivity contribution >= 4 is 75.3 Å². The average molecular weight is 518 g/mol. The van der Waals surface area contributed by atoms with Crippen LogP contribution < -0.4 is 0 Å². The van der Waals surface area contributed by atoms with E-state index in [0.717, 1.165) is 29.0 Å². The first kappa shape index (κ1) is 15.0. The van der Waals surface area contributed by atoms with Gasteiger partial charge in [-0.3, -0.25) is 0 Å². The SMILES string of the molecule is ClC(c1cc(Br)cc(Br)c1)c1cc(Br)ccc1Br. The molecule has 0 heterocycles. The second kappa shape index (κ2) is 6.40. The lowest BCUT2D eigenvalue weighted by atomic mass is 10.0. The van der Waals surface area contributed by atoms with Crippen molar-refractivity contribution in [3.63, 3.8) is 0 Å². The summed E-state index contributed by atoms with van der Waals surface area (Å²) in [7, 11) is 0. The molecule has 0 N–H and O–H groups in total. The summed E-state index contributed by atoms with van der Waals surface area (Å²) in [5, 5.41) is -0.203. The van der Waals surface area contributed by atoms with Crippen LogP contribution in [0.5, 0.6) is 0 Å². The van der Waals surface area contributed by atoms with Crippen molar-refractivity contribution in [2.75, 3.05) is 0 Å². The Morgan fingerprint density at radius 3 is 2.00 bits per heavy atom. The topological polar surface area (TPSA) is 0 Å². The van der Waals surface area contributed by atoms with Crippen LogP contribution in [0.1, 0.15) is 16.5 Å². The first-order valence-corrected chi connectivity index (χ1v) is 8.63. The average Bonchev–Trinajstić information content (AvgIpc) is 2.30. The third kappa shape index (κ3) is 3.60. The highest BCUT2D eigenvalue weighted by molar-refractivity contribution is 9.11. The third-order valence-electron chi connectivity index (χ3n) is 2.41. The molecule has 0 nitrogen and oxygen atoms in total. The predicted octanol–water partition coefficient (Wildman–Crippen LogP) is 7.06. The van der Waals surface area contributed by atoms with Crippen LogP contribution in [0.4, 0.5) is 0 Å². The zero-order valence-corrected chi connectivity index (χ0v) is 16.0. The van der Waals surface area contributed by atoms with Gasteiger partial charge in [0.15, 0.2) is 0 Å². The summed E-state index contributed by atoms with van der Waals surface area (Å²) in [4.78, 5) is 0. The van der Waals surface area contributed by atoms with Crippen LogP contribution in [-0.2, 0) is 0 Å². The number of rotatable bonds is 2. The van der Waals surface area contributed by atoms with Crippen LogP contribution in [0.3, 0.4) is 0 Å². The molecule has 5 heteroatoms. The molecule has 0 fully saturated rings. The van der Waals surface area contributed by atoms with E-state index in [1.54, 1.807) is 0 Å². The minimum atomic E-state index is -0.203. The summed E-state index contributed by atoms with van der Waals surface area (Å²) in [5.74, 6) is 0. The maximum absolute atomic E-state index is 6.56. The van der Waals surface area contributed by atoms with Gasteiger partial charge >= 0.3 is 0 Å². The number of halogens is 5. The van der Waals surface area contributed by atoms with E-state index >= 15 is 0 Å². The summed E-state index contributed by atoms with van der Waals surface area (Å²) in [6.07, 6.45) is 0. The van der Waals surface area contributed by atoms with Gasteiger partial charge in [-0.25, -0.2) is 0 Å². The predicted molar refractivity (Wildman–Crippen MR) is 91.4 cm³/mol. The van der Waals surface area contributed by atoms with Crippen LogP contribution in [0.25, 0.3) is 0 Å². The van der Waals surface area contributed by atoms with Gasteiger partial charge in [-0.05, 0) is 47.5 Å². The van der Waals surface area contributed by atoms with Gasteiger partial charge < -0.3 is 0 Å². The molecule has 0 aliphatic rings. The number of alkyl halides is 1. The van der Waals surface area contributed by atoms with Crippen molar-refractivity contribution in [1.29, 1.82) is 0 Å². The molecule has 18 heavy (non-hydrogen) atoms. The quantitative estimate of drug-likeness (QED) is 0.374. The zero-order chi connectivity index (χ0) is 13.3. The van der Waals surface area contributed by atoms with E-state index in [9.17, 15) is 0 Å². The Kier molecular flexibility index (Phi) is 5.35. The van der Waals surface area contributed by atoms with Crippen LogP contribution in [0.15, 0.2) is 54.3 Å². The van der Waals surface area contributed by atoms with Crippen molar-refractivity contribution < 1.29 is 0 Å². The normalized spacial score (nSPS) is 12.5. The smallest absolute Gasteiger partial charge is 0.0847 e. The van der Waals surface area contributed by atoms with Crippen molar-refractivity contribution in [3.8, 4) is 0 Å². The van der Waals surface area contributed by atoms with E-state index < -0.39 is 0 Å². The van der Waals surface area contributed by atoms with E-state index in [0.29, 0.717) is 0 Å². The van der Waals surface area contributed by atoms with Gasteiger partial charge in [0.2, 0.25) is 0 Å². The monoisotopic (exact) mass is 514 g/mol. The Morgan fingerprint density at radius 1 is 0.778 bits per heavy atom. The van der Waals surface area contributed by atoms with Crippen molar-refractivity contribution in [2.45, 2.75) is 5.38 Å². The van der Waals surface area contributed by atoms with Gasteiger partial charge in [0.25, 0.3) is 0 Å². The highest BCUT2D eigenvalue weighted by Crippen LogP contribution is 2.37. The van der Waals surface area contributed by atoms with Crippen LogP contribution in [0, 0.1) is 0 Å². The minimum Gasteiger partial charge on any atom is -0.113 e. The molecule has 0 radical (unpaired) electrons. The van der Waals surface area contributed by atoms with Gasteiger partial charge in [0.1, 0.15) is 0 Å². The number of hydrogen-bond acceptors (Lipinski definition) is 0. The molecule has 1 atom stereocenters. The molecule has 94 valence electrons. The summed E-state index contributed by atoms with van der Waals surface area (Å²) >= 11 is 20.5. The van der Waals surface area contributed by atoms with E-state index in [1.165, 1.54) is 0 Å². The molecule has 1 unspecified atom stereocenters. The molecule has 0 saturated heterocycles. The van der Waals surface area contributed by atoms with Crippen LogP contribution >= 0.6 is 75.3 Å². The summed E-state index contributed by atoms with van der Waals surface area (Å²) < 4.78 is 4.02. The lowest BCUT2D eigenvalue weighted by Gasteiger charge is -2.14. The van der Waals surface area contributed by atoms with Gasteiger partial charge in [0.05, 0.1) is 5.38 Å². The third-order valence-corrected chi connectivity index (χ3v) is 5.03.